The number of benzene rings is 1. The van der Waals surface area contributed by atoms with Crippen LogP contribution in [0.3, 0.4) is 0 Å². The second-order valence-electron chi connectivity index (χ2n) is 7.73. The zero-order valence-electron chi connectivity index (χ0n) is 20.8. The van der Waals surface area contributed by atoms with Crippen molar-refractivity contribution in [2.24, 2.45) is 5.73 Å². The minimum atomic E-state index is -0.815. The van der Waals surface area contributed by atoms with Crippen LogP contribution in [0.25, 0.3) is 10.9 Å². The molecule has 0 radical (unpaired) electrons. The van der Waals surface area contributed by atoms with Gasteiger partial charge in [0.15, 0.2) is 0 Å². The zero-order chi connectivity index (χ0) is 26.1. The van der Waals surface area contributed by atoms with Crippen molar-refractivity contribution >= 4 is 46.9 Å². The number of thioether (sulfide) groups is 1. The number of nitrogens with two attached hydrogens (primary N) is 1. The molecule has 0 aliphatic carbocycles. The molecule has 2 unspecified atom stereocenters. The molecular weight excluding hydrogens is 727 g/mol. The molecule has 6 N–H and O–H groups in total. The van der Waals surface area contributed by atoms with Crippen LogP contribution in [0.15, 0.2) is 30.5 Å². The molecule has 0 spiro atoms. The summed E-state index contributed by atoms with van der Waals surface area (Å²) in [5.41, 5.74) is 7.81. The Balaban J connectivity index is 0.000000912. The van der Waals surface area contributed by atoms with Crippen molar-refractivity contribution in [3.05, 3.63) is 36.0 Å². The third kappa shape index (κ3) is 11.4. The molecule has 36 heavy (non-hydrogen) atoms. The molecule has 2 atom stereocenters. The van der Waals surface area contributed by atoms with Gasteiger partial charge in [-0.15, -0.1) is 0 Å². The summed E-state index contributed by atoms with van der Waals surface area (Å²) in [6.45, 7) is 2.33. The predicted molar refractivity (Wildman–Crippen MR) is 139 cm³/mol. The second-order valence-corrected chi connectivity index (χ2v) is 8.72. The zero-order valence-corrected chi connectivity index (χ0v) is 24.0. The molecule has 206 valence electrons. The number of methoxy groups -OCH3 is 1. The van der Waals surface area contributed by atoms with Crippen molar-refractivity contribution in [3.8, 4) is 0 Å². The third-order valence-electron chi connectivity index (χ3n) is 5.16. The van der Waals surface area contributed by atoms with Gasteiger partial charge in [0, 0.05) is 17.1 Å². The molecule has 2 aromatic rings. The van der Waals surface area contributed by atoms with E-state index in [2.05, 4.69) is 46.1 Å². The van der Waals surface area contributed by atoms with Crippen molar-refractivity contribution in [2.75, 3.05) is 32.2 Å². The first kappa shape index (κ1) is 31.9. The molecule has 1 aromatic carbocycles. The van der Waals surface area contributed by atoms with Gasteiger partial charge >= 0.3 is 5.97 Å². The van der Waals surface area contributed by atoms with Crippen molar-refractivity contribution < 1.29 is 23.9 Å². The molecule has 0 bridgehead atoms. The number of aryl methyl sites for hydroxylation is 1. The average Bonchev–Trinajstić information content (AvgIpc) is 3.26. The van der Waals surface area contributed by atoms with Gasteiger partial charge in [0.05, 0.1) is 13.7 Å². The summed E-state index contributed by atoms with van der Waals surface area (Å²) in [5, 5.41) is 8.90. The molecule has 0 fully saturated rings. The maximum absolute atomic E-state index is 12.4. The Morgan fingerprint density at radius 1 is 1.14 bits per heavy atom. The van der Waals surface area contributed by atoms with Crippen LogP contribution in [0.5, 0.6) is 0 Å². The molecule has 10 nitrogen and oxygen atoms in total. The first-order chi connectivity index (χ1) is 16.9. The van der Waals surface area contributed by atoms with Crippen LogP contribution in [0.2, 0.25) is 0 Å². The predicted octanol–water partition coefficient (Wildman–Crippen LogP) is 1.14. The van der Waals surface area contributed by atoms with Crippen LogP contribution < -0.4 is 21.7 Å². The fraction of sp³-hybridized carbons (Fsp3) is 0.500. The van der Waals surface area contributed by atoms with E-state index in [1.165, 1.54) is 23.6 Å². The number of ether oxygens (including phenoxy) is 1. The normalized spacial score (nSPS) is 11.7. The molecule has 0 aliphatic heterocycles. The van der Waals surface area contributed by atoms with Crippen LogP contribution in [0.1, 0.15) is 31.2 Å². The Hall–Kier alpha value is -4.05. The molecule has 2 rings (SSSR count). The fourth-order valence-corrected chi connectivity index (χ4v) is 3.72. The number of aromatic nitrogens is 1. The van der Waals surface area contributed by atoms with Gasteiger partial charge in [-0.3, -0.25) is 9.59 Å². The Morgan fingerprint density at radius 2 is 1.86 bits per heavy atom. The largest absolute Gasteiger partial charge is 0.530 e. The number of unbranched alkanes of at least 4 members (excludes halogenated alkanes) is 1. The minimum absolute atomic E-state index is 0. The second kappa shape index (κ2) is 18.3. The van der Waals surface area contributed by atoms with Crippen LogP contribution in [-0.4, -0.2) is 73.5 Å². The molecule has 12 heteroatoms. The van der Waals surface area contributed by atoms with Gasteiger partial charge in [-0.25, -0.2) is 4.79 Å². The number of H-pyrrole nitrogens is 1. The smallest absolute Gasteiger partial charge is 0.328 e. The topological polar surface area (TPSA) is 155 Å². The van der Waals surface area contributed by atoms with Gasteiger partial charge < -0.3 is 36.2 Å². The van der Waals surface area contributed by atoms with E-state index in [9.17, 15) is 19.2 Å². The Labute approximate surface area is 210 Å². The number of rotatable bonds is 14. The van der Waals surface area contributed by atoms with Crippen molar-refractivity contribution in [1.82, 2.24) is 20.9 Å². The number of carbonyl (C=O) groups excluding carboxylic acids is 4. The van der Waals surface area contributed by atoms with Gasteiger partial charge in [-0.05, 0) is 62.8 Å². The number of carbonyl (C=O) groups is 3. The number of amides is 3. The van der Waals surface area contributed by atoms with Gasteiger partial charge in [-0.2, -0.15) is 18.2 Å². The van der Waals surface area contributed by atoms with Gasteiger partial charge in [0.2, 0.25) is 11.8 Å². The molecule has 0 saturated heterocycles. The average molecular weight is 764 g/mol. The van der Waals surface area contributed by atoms with E-state index < -0.39 is 29.9 Å². The molecular formula is C24H36FmN5O5S-. The van der Waals surface area contributed by atoms with E-state index in [-0.39, 0.29) is 6.54 Å². The number of esters is 1. The number of aromatic amines is 1. The van der Waals surface area contributed by atoms with Gasteiger partial charge in [0.25, 0.3) is 0 Å². The van der Waals surface area contributed by atoms with E-state index in [1.807, 2.05) is 18.5 Å². The first-order valence-corrected chi connectivity index (χ1v) is 12.8. The summed E-state index contributed by atoms with van der Waals surface area (Å²) in [7, 11) is 1.24. The van der Waals surface area contributed by atoms with Gasteiger partial charge in [0.1, 0.15) is 12.1 Å². The van der Waals surface area contributed by atoms with Crippen molar-refractivity contribution in [2.45, 2.75) is 44.7 Å². The maximum atomic E-state index is 12.4. The number of hydrogen-bond donors (Lipinski definition) is 5. The van der Waals surface area contributed by atoms with Crippen LogP contribution >= 0.6 is 11.8 Å². The SMILES string of the molecule is COC(=O)C(CCCCN[C-]=O)NC(=O)C(CCSC)NC(=O)CN.Cc1c[nH]c2ccccc12.[Fm]. The summed E-state index contributed by atoms with van der Waals surface area (Å²) in [4.78, 5) is 49.0. The first-order valence-electron chi connectivity index (χ1n) is 11.4. The van der Waals surface area contributed by atoms with E-state index in [1.54, 1.807) is 18.2 Å². The minimum Gasteiger partial charge on any atom is -0.530 e. The summed E-state index contributed by atoms with van der Waals surface area (Å²) in [6, 6.07) is 6.73. The Morgan fingerprint density at radius 3 is 2.47 bits per heavy atom. The van der Waals surface area contributed by atoms with Crippen LogP contribution in [-0.2, 0) is 23.9 Å². The monoisotopic (exact) mass is 763 g/mol. The Bertz CT molecular complexity index is 943. The summed E-state index contributed by atoms with van der Waals surface area (Å²) in [6.07, 6.45) is 7.51. The molecule has 0 saturated carbocycles. The number of fused-ring (bicyclic) bond motifs is 1. The van der Waals surface area contributed by atoms with E-state index >= 15 is 0 Å². The molecule has 3 amide bonds. The number of hydrogen-bond acceptors (Lipinski definition) is 7. The van der Waals surface area contributed by atoms with Crippen LogP contribution in [0, 0.1) is 6.92 Å². The maximum Gasteiger partial charge on any atom is 0.328 e. The Kier molecular flexibility index (Phi) is 16.2. The fourth-order valence-electron chi connectivity index (χ4n) is 3.25. The van der Waals surface area contributed by atoms with Crippen molar-refractivity contribution in [3.63, 3.8) is 0 Å². The van der Waals surface area contributed by atoms with E-state index in [4.69, 9.17) is 10.5 Å². The van der Waals surface area contributed by atoms with Crippen LogP contribution in [0.4, 0.5) is 0 Å². The third-order valence-corrected chi connectivity index (χ3v) is 5.81. The summed E-state index contributed by atoms with van der Waals surface area (Å²) < 4.78 is 4.71. The van der Waals surface area contributed by atoms with E-state index in [0.29, 0.717) is 38.0 Å². The van der Waals surface area contributed by atoms with E-state index in [0.717, 1.165) is 0 Å². The number of nitrogens with one attached hydrogen (secondary N) is 4. The van der Waals surface area contributed by atoms with Crippen molar-refractivity contribution in [1.29, 1.82) is 0 Å². The molecule has 1 heterocycles. The number of para-hydroxylation sites is 1. The summed E-state index contributed by atoms with van der Waals surface area (Å²) >= 11 is 1.54. The quantitative estimate of drug-likeness (QED) is 0.0838. The van der Waals surface area contributed by atoms with Gasteiger partial charge in [-0.1, -0.05) is 18.2 Å². The summed E-state index contributed by atoms with van der Waals surface area (Å²) in [5.74, 6) is -0.783. The standard InChI is InChI=1S/C15H27N4O5S.C9H9N.Fm/c1-24-15(23)12(5-3-4-7-17-10-20)19-14(22)11(6-8-25-2)18-13(21)9-16;1-7-6-10-9-5-3-2-4-8(7)9;/h11-12H,3-9,16H2,1-2H3,(H,17,20)(H,18,21)(H,19,22);2-6,10H,1H3;/q-1;;. The molecule has 1 aromatic heterocycles. The molecule has 0 aliphatic rings.